The van der Waals surface area contributed by atoms with Gasteiger partial charge in [-0.05, 0) is 62.3 Å². The van der Waals surface area contributed by atoms with E-state index in [1.54, 1.807) is 24.3 Å². The lowest BCUT2D eigenvalue weighted by Gasteiger charge is -2.29. The molecule has 6 nitrogen and oxygen atoms in total. The Morgan fingerprint density at radius 2 is 1.65 bits per heavy atom. The van der Waals surface area contributed by atoms with Gasteiger partial charge in [-0.1, -0.05) is 48.4 Å². The maximum Gasteiger partial charge on any atom is 0.340 e. The first kappa shape index (κ1) is 20.0. The van der Waals surface area contributed by atoms with Crippen LogP contribution in [0, 0.1) is 6.92 Å². The van der Waals surface area contributed by atoms with Crippen LogP contribution in [0.2, 0.25) is 0 Å². The highest BCUT2D eigenvalue weighted by molar-refractivity contribution is 7.87. The van der Waals surface area contributed by atoms with E-state index in [4.69, 9.17) is 9.92 Å². The molecular formula is C24H25N3O3S. The molecule has 0 fully saturated rings. The van der Waals surface area contributed by atoms with Crippen molar-refractivity contribution >= 4 is 16.1 Å². The van der Waals surface area contributed by atoms with E-state index in [-0.39, 0.29) is 22.1 Å². The lowest BCUT2D eigenvalue weighted by molar-refractivity contribution is 0.394. The molecule has 2 aliphatic rings. The molecule has 1 aromatic heterocycles. The first-order valence-corrected chi connectivity index (χ1v) is 12.0. The van der Waals surface area contributed by atoms with Gasteiger partial charge in [-0.2, -0.15) is 13.4 Å². The van der Waals surface area contributed by atoms with Crippen LogP contribution in [0.4, 0.5) is 5.95 Å². The van der Waals surface area contributed by atoms with Crippen molar-refractivity contribution < 1.29 is 12.6 Å². The first-order chi connectivity index (χ1) is 14.9. The zero-order chi connectivity index (χ0) is 21.6. The van der Waals surface area contributed by atoms with Gasteiger partial charge in [0.1, 0.15) is 4.90 Å². The molecule has 3 aromatic rings. The summed E-state index contributed by atoms with van der Waals surface area (Å²) in [4.78, 5) is 8.98. The van der Waals surface area contributed by atoms with Crippen molar-refractivity contribution in [1.82, 2.24) is 9.97 Å². The molecule has 0 unspecified atom stereocenters. The summed E-state index contributed by atoms with van der Waals surface area (Å²) in [5.41, 5.74) is 11.1. The monoisotopic (exact) mass is 435 g/mol. The zero-order valence-corrected chi connectivity index (χ0v) is 18.3. The van der Waals surface area contributed by atoms with Gasteiger partial charge in [-0.3, -0.25) is 0 Å². The van der Waals surface area contributed by atoms with Crippen molar-refractivity contribution in [3.8, 4) is 5.88 Å². The van der Waals surface area contributed by atoms with E-state index < -0.39 is 10.1 Å². The third kappa shape index (κ3) is 3.57. The van der Waals surface area contributed by atoms with Gasteiger partial charge in [0.15, 0.2) is 0 Å². The molecule has 0 radical (unpaired) electrons. The largest absolute Gasteiger partial charge is 0.368 e. The van der Waals surface area contributed by atoms with E-state index in [1.807, 2.05) is 6.92 Å². The van der Waals surface area contributed by atoms with Crippen LogP contribution in [0.1, 0.15) is 47.2 Å². The second-order valence-electron chi connectivity index (χ2n) is 8.67. The maximum absolute atomic E-state index is 13.0. The summed E-state index contributed by atoms with van der Waals surface area (Å²) in [5.74, 6) is 0.116. The van der Waals surface area contributed by atoms with Crippen LogP contribution in [0.5, 0.6) is 5.88 Å². The number of anilines is 1. The van der Waals surface area contributed by atoms with Gasteiger partial charge in [-0.15, -0.1) is 0 Å². The van der Waals surface area contributed by atoms with Crippen molar-refractivity contribution in [3.63, 3.8) is 0 Å². The maximum atomic E-state index is 13.0. The predicted molar refractivity (Wildman–Crippen MR) is 119 cm³/mol. The quantitative estimate of drug-likeness (QED) is 0.627. The van der Waals surface area contributed by atoms with Crippen LogP contribution >= 0.6 is 0 Å². The molecule has 2 N–H and O–H groups in total. The van der Waals surface area contributed by atoms with Gasteiger partial charge in [0.25, 0.3) is 0 Å². The molecule has 7 heteroatoms. The third-order valence-corrected chi connectivity index (χ3v) is 7.72. The van der Waals surface area contributed by atoms with Crippen LogP contribution in [0.25, 0.3) is 0 Å². The standard InChI is InChI=1S/C24H25N3O3S/c1-16-9-11-19(12-10-16)31(28,29)30-22-20-8-4-5-13-24(21(20)26-23(25)27-22)14-17-6-2-3-7-18(17)15-24/h2-3,6-7,9-12H,4-5,8,13-15H2,1H3,(H2,25,26,27). The molecular weight excluding hydrogens is 410 g/mol. The number of benzene rings is 2. The molecule has 0 saturated heterocycles. The van der Waals surface area contributed by atoms with Crippen molar-refractivity contribution in [2.24, 2.45) is 0 Å². The third-order valence-electron chi connectivity index (χ3n) is 6.50. The van der Waals surface area contributed by atoms with Gasteiger partial charge in [0.05, 0.1) is 5.69 Å². The van der Waals surface area contributed by atoms with Crippen LogP contribution < -0.4 is 9.92 Å². The molecule has 0 amide bonds. The lowest BCUT2D eigenvalue weighted by Crippen LogP contribution is -2.30. The highest BCUT2D eigenvalue weighted by Crippen LogP contribution is 2.47. The minimum atomic E-state index is -4.03. The van der Waals surface area contributed by atoms with Crippen molar-refractivity contribution in [2.45, 2.75) is 55.8 Å². The number of hydrogen-bond donors (Lipinski definition) is 1. The summed E-state index contributed by atoms with van der Waals surface area (Å²) >= 11 is 0. The zero-order valence-electron chi connectivity index (χ0n) is 17.5. The lowest BCUT2D eigenvalue weighted by atomic mass is 9.77. The number of fused-ring (bicyclic) bond motifs is 3. The number of nitrogens with zero attached hydrogens (tertiary/aromatic N) is 2. The van der Waals surface area contributed by atoms with Crippen LogP contribution in [-0.4, -0.2) is 18.4 Å². The molecule has 1 heterocycles. The number of aromatic nitrogens is 2. The summed E-state index contributed by atoms with van der Waals surface area (Å²) in [7, 11) is -4.03. The van der Waals surface area contributed by atoms with E-state index in [1.165, 1.54) is 11.1 Å². The number of nitrogen functional groups attached to an aromatic ring is 1. The summed E-state index contributed by atoms with van der Waals surface area (Å²) in [6.07, 6.45) is 5.36. The molecule has 0 atom stereocenters. The smallest absolute Gasteiger partial charge is 0.340 e. The molecule has 1 spiro atoms. The Labute approximate surface area is 182 Å². The number of hydrogen-bond acceptors (Lipinski definition) is 6. The van der Waals surface area contributed by atoms with Gasteiger partial charge in [-0.25, -0.2) is 4.98 Å². The van der Waals surface area contributed by atoms with Crippen LogP contribution in [0.3, 0.4) is 0 Å². The Kier molecular flexibility index (Phi) is 4.73. The second kappa shape index (κ2) is 7.34. The van der Waals surface area contributed by atoms with Crippen molar-refractivity contribution in [1.29, 1.82) is 0 Å². The topological polar surface area (TPSA) is 95.2 Å². The molecule has 0 aliphatic heterocycles. The Hall–Kier alpha value is -2.93. The molecule has 2 aromatic carbocycles. The average Bonchev–Trinajstić information content (AvgIpc) is 3.02. The van der Waals surface area contributed by atoms with E-state index in [0.29, 0.717) is 6.42 Å². The van der Waals surface area contributed by atoms with Gasteiger partial charge in [0, 0.05) is 11.0 Å². The fourth-order valence-electron chi connectivity index (χ4n) is 4.99. The van der Waals surface area contributed by atoms with Crippen molar-refractivity contribution in [2.75, 3.05) is 5.73 Å². The van der Waals surface area contributed by atoms with Crippen LogP contribution in [-0.2, 0) is 34.8 Å². The van der Waals surface area contributed by atoms with Gasteiger partial charge < -0.3 is 9.92 Å². The molecule has 2 aliphatic carbocycles. The highest BCUT2D eigenvalue weighted by atomic mass is 32.2. The van der Waals surface area contributed by atoms with Gasteiger partial charge in [0.2, 0.25) is 11.8 Å². The molecule has 160 valence electrons. The minimum Gasteiger partial charge on any atom is -0.368 e. The van der Waals surface area contributed by atoms with Gasteiger partial charge >= 0.3 is 10.1 Å². The average molecular weight is 436 g/mol. The first-order valence-electron chi connectivity index (χ1n) is 10.6. The second-order valence-corrected chi connectivity index (χ2v) is 10.2. The summed E-state index contributed by atoms with van der Waals surface area (Å²) in [6.45, 7) is 1.90. The normalized spacial score (nSPS) is 17.1. The Balaban J connectivity index is 1.59. The van der Waals surface area contributed by atoms with E-state index in [2.05, 4.69) is 34.2 Å². The Bertz CT molecular complexity index is 1230. The fraction of sp³-hybridized carbons (Fsp3) is 0.333. The summed E-state index contributed by atoms with van der Waals surface area (Å²) in [5, 5.41) is 0. The molecule has 0 saturated carbocycles. The number of aryl methyl sites for hydroxylation is 1. The Morgan fingerprint density at radius 3 is 2.32 bits per heavy atom. The van der Waals surface area contributed by atoms with E-state index in [9.17, 15) is 8.42 Å². The highest BCUT2D eigenvalue weighted by Gasteiger charge is 2.43. The van der Waals surface area contributed by atoms with Crippen molar-refractivity contribution in [3.05, 3.63) is 76.5 Å². The number of nitrogens with two attached hydrogens (primary N) is 1. The molecule has 0 bridgehead atoms. The Morgan fingerprint density at radius 1 is 0.968 bits per heavy atom. The number of rotatable bonds is 3. The summed E-state index contributed by atoms with van der Waals surface area (Å²) in [6, 6.07) is 15.0. The van der Waals surface area contributed by atoms with Crippen LogP contribution in [0.15, 0.2) is 53.4 Å². The molecule has 31 heavy (non-hydrogen) atoms. The minimum absolute atomic E-state index is 0.0464. The van der Waals surface area contributed by atoms with E-state index in [0.717, 1.165) is 48.9 Å². The molecule has 5 rings (SSSR count). The predicted octanol–water partition coefficient (Wildman–Crippen LogP) is 3.90. The SMILES string of the molecule is Cc1ccc(S(=O)(=O)Oc2nc(N)nc3c2CCCCC32Cc3ccccc3C2)cc1. The van der Waals surface area contributed by atoms with E-state index >= 15 is 0 Å². The fourth-order valence-corrected chi connectivity index (χ4v) is 5.90. The summed E-state index contributed by atoms with van der Waals surface area (Å²) < 4.78 is 31.5.